The molecule has 142 valence electrons. The van der Waals surface area contributed by atoms with Gasteiger partial charge in [0.15, 0.2) is 0 Å². The molecule has 0 aliphatic rings. The van der Waals surface area contributed by atoms with E-state index in [-0.39, 0.29) is 5.56 Å². The van der Waals surface area contributed by atoms with Crippen molar-refractivity contribution in [3.63, 3.8) is 0 Å². The molecule has 1 aromatic carbocycles. The number of hydrogen-bond acceptors (Lipinski definition) is 5. The van der Waals surface area contributed by atoms with E-state index >= 15 is 0 Å². The lowest BCUT2D eigenvalue weighted by molar-refractivity contribution is -0.137. The van der Waals surface area contributed by atoms with Crippen molar-refractivity contribution in [3.05, 3.63) is 35.4 Å². The zero-order chi connectivity index (χ0) is 19.5. The third-order valence-electron chi connectivity index (χ3n) is 2.80. The molecule has 1 aromatic rings. The lowest BCUT2D eigenvalue weighted by Gasteiger charge is -2.23. The van der Waals surface area contributed by atoms with E-state index in [9.17, 15) is 31.5 Å². The smallest absolute Gasteiger partial charge is 0.416 e. The standard InChI is InChI=1S/C14H19F3N2O5S/c1-13(2,21)24-12(20)19-11(8-18-25(3,22)23)9-5-4-6-10(7-9)14(15,16)17/h4-7,11,18,21H,8H2,1-3H3,(H,19,20). The average Bonchev–Trinajstić information content (AvgIpc) is 2.39. The van der Waals surface area contributed by atoms with Crippen molar-refractivity contribution in [1.29, 1.82) is 0 Å². The van der Waals surface area contributed by atoms with Gasteiger partial charge in [-0.3, -0.25) is 0 Å². The van der Waals surface area contributed by atoms with E-state index in [2.05, 4.69) is 14.8 Å². The molecule has 1 atom stereocenters. The van der Waals surface area contributed by atoms with Crippen molar-refractivity contribution in [2.24, 2.45) is 0 Å². The molecular weight excluding hydrogens is 365 g/mol. The number of benzene rings is 1. The van der Waals surface area contributed by atoms with Gasteiger partial charge in [-0.2, -0.15) is 13.2 Å². The van der Waals surface area contributed by atoms with Gasteiger partial charge < -0.3 is 15.2 Å². The highest BCUT2D eigenvalue weighted by molar-refractivity contribution is 7.88. The van der Waals surface area contributed by atoms with Crippen LogP contribution in [-0.2, 0) is 20.9 Å². The Morgan fingerprint density at radius 2 is 1.92 bits per heavy atom. The van der Waals surface area contributed by atoms with Crippen LogP contribution in [0.1, 0.15) is 31.0 Å². The monoisotopic (exact) mass is 384 g/mol. The van der Waals surface area contributed by atoms with Crippen LogP contribution in [0.5, 0.6) is 0 Å². The summed E-state index contributed by atoms with van der Waals surface area (Å²) < 4.78 is 67.7. The summed E-state index contributed by atoms with van der Waals surface area (Å²) in [5.74, 6) is -1.81. The number of ether oxygens (including phenoxy) is 1. The predicted octanol–water partition coefficient (Wildman–Crippen LogP) is 1.75. The molecule has 0 aromatic heterocycles. The Morgan fingerprint density at radius 1 is 1.32 bits per heavy atom. The highest BCUT2D eigenvalue weighted by Crippen LogP contribution is 2.30. The summed E-state index contributed by atoms with van der Waals surface area (Å²) in [5, 5.41) is 11.7. The van der Waals surface area contributed by atoms with Crippen LogP contribution in [-0.4, -0.2) is 38.2 Å². The first kappa shape index (κ1) is 21.2. The number of halogens is 3. The second-order valence-electron chi connectivity index (χ2n) is 5.78. The summed E-state index contributed by atoms with van der Waals surface area (Å²) in [6.07, 6.45) is -4.85. The number of alkyl carbamates (subject to hydrolysis) is 1. The molecule has 3 N–H and O–H groups in total. The summed E-state index contributed by atoms with van der Waals surface area (Å²) in [6.45, 7) is 1.96. The fourth-order valence-corrected chi connectivity index (χ4v) is 2.29. The van der Waals surface area contributed by atoms with E-state index in [1.807, 2.05) is 0 Å². The van der Waals surface area contributed by atoms with E-state index in [4.69, 9.17) is 0 Å². The number of rotatable bonds is 6. The van der Waals surface area contributed by atoms with Crippen LogP contribution in [0.15, 0.2) is 24.3 Å². The number of amides is 1. The Morgan fingerprint density at radius 3 is 2.40 bits per heavy atom. The zero-order valence-electron chi connectivity index (χ0n) is 13.7. The first-order valence-electron chi connectivity index (χ1n) is 7.01. The van der Waals surface area contributed by atoms with Crippen molar-refractivity contribution in [1.82, 2.24) is 10.0 Å². The van der Waals surface area contributed by atoms with Gasteiger partial charge in [0, 0.05) is 20.4 Å². The minimum Gasteiger partial charge on any atom is -0.418 e. The van der Waals surface area contributed by atoms with Crippen LogP contribution in [0.4, 0.5) is 18.0 Å². The molecule has 1 amide bonds. The molecule has 0 fully saturated rings. The van der Waals surface area contributed by atoms with Gasteiger partial charge in [0.1, 0.15) is 0 Å². The second kappa shape index (κ2) is 7.58. The van der Waals surface area contributed by atoms with Crippen molar-refractivity contribution in [2.75, 3.05) is 12.8 Å². The molecule has 0 bridgehead atoms. The molecule has 11 heteroatoms. The van der Waals surface area contributed by atoms with E-state index < -0.39 is 46.2 Å². The molecule has 1 rings (SSSR count). The van der Waals surface area contributed by atoms with Crippen LogP contribution < -0.4 is 10.0 Å². The SMILES string of the molecule is CC(C)(O)OC(=O)NC(CNS(C)(=O)=O)c1cccc(C(F)(F)F)c1. The van der Waals surface area contributed by atoms with Gasteiger partial charge in [-0.25, -0.2) is 17.9 Å². The second-order valence-corrected chi connectivity index (χ2v) is 7.61. The number of aliphatic hydroxyl groups is 1. The van der Waals surface area contributed by atoms with Gasteiger partial charge in [-0.15, -0.1) is 0 Å². The highest BCUT2D eigenvalue weighted by atomic mass is 32.2. The molecule has 25 heavy (non-hydrogen) atoms. The normalized spacial score (nSPS) is 14.0. The number of hydrogen-bond donors (Lipinski definition) is 3. The zero-order valence-corrected chi connectivity index (χ0v) is 14.5. The van der Waals surface area contributed by atoms with Crippen LogP contribution in [0.25, 0.3) is 0 Å². The van der Waals surface area contributed by atoms with E-state index in [1.165, 1.54) is 19.9 Å². The summed E-state index contributed by atoms with van der Waals surface area (Å²) in [4.78, 5) is 11.8. The molecular formula is C14H19F3N2O5S. The van der Waals surface area contributed by atoms with Crippen LogP contribution >= 0.6 is 0 Å². The van der Waals surface area contributed by atoms with E-state index in [0.717, 1.165) is 24.5 Å². The quantitative estimate of drug-likeness (QED) is 0.648. The number of nitrogens with one attached hydrogen (secondary N) is 2. The van der Waals surface area contributed by atoms with Gasteiger partial charge in [-0.1, -0.05) is 12.1 Å². The van der Waals surface area contributed by atoms with Gasteiger partial charge >= 0.3 is 12.3 Å². The molecule has 1 unspecified atom stereocenters. The van der Waals surface area contributed by atoms with Crippen LogP contribution in [0, 0.1) is 0 Å². The topological polar surface area (TPSA) is 105 Å². The van der Waals surface area contributed by atoms with Crippen LogP contribution in [0.3, 0.4) is 0 Å². The molecule has 0 heterocycles. The van der Waals surface area contributed by atoms with Crippen molar-refractivity contribution >= 4 is 16.1 Å². The lowest BCUT2D eigenvalue weighted by atomic mass is 10.0. The summed E-state index contributed by atoms with van der Waals surface area (Å²) in [5.41, 5.74) is -0.939. The van der Waals surface area contributed by atoms with E-state index in [0.29, 0.717) is 0 Å². The summed E-state index contributed by atoms with van der Waals surface area (Å²) in [6, 6.07) is 2.92. The Balaban J connectivity index is 3.08. The van der Waals surface area contributed by atoms with E-state index in [1.54, 1.807) is 0 Å². The molecule has 0 saturated carbocycles. The molecule has 0 saturated heterocycles. The average molecular weight is 384 g/mol. The first-order chi connectivity index (χ1) is 11.2. The molecule has 0 aliphatic heterocycles. The van der Waals surface area contributed by atoms with Gasteiger partial charge in [0.25, 0.3) is 0 Å². The van der Waals surface area contributed by atoms with Crippen molar-refractivity contribution in [3.8, 4) is 0 Å². The van der Waals surface area contributed by atoms with Crippen molar-refractivity contribution < 1.29 is 36.2 Å². The van der Waals surface area contributed by atoms with Crippen molar-refractivity contribution in [2.45, 2.75) is 31.9 Å². The Kier molecular flexibility index (Phi) is 6.43. The van der Waals surface area contributed by atoms with Gasteiger partial charge in [0.05, 0.1) is 17.9 Å². The third-order valence-corrected chi connectivity index (χ3v) is 3.49. The number of carbonyl (C=O) groups is 1. The minimum atomic E-state index is -4.60. The molecule has 0 aliphatic carbocycles. The first-order valence-corrected chi connectivity index (χ1v) is 8.90. The lowest BCUT2D eigenvalue weighted by Crippen LogP contribution is -2.41. The Bertz CT molecular complexity index is 714. The van der Waals surface area contributed by atoms with Crippen LogP contribution in [0.2, 0.25) is 0 Å². The summed E-state index contributed by atoms with van der Waals surface area (Å²) >= 11 is 0. The maximum atomic E-state index is 12.8. The van der Waals surface area contributed by atoms with Gasteiger partial charge in [-0.05, 0) is 17.7 Å². The minimum absolute atomic E-state index is 0.0127. The fourth-order valence-electron chi connectivity index (χ4n) is 1.82. The predicted molar refractivity (Wildman–Crippen MR) is 82.9 cm³/mol. The molecule has 7 nitrogen and oxygen atoms in total. The van der Waals surface area contributed by atoms with Gasteiger partial charge in [0.2, 0.25) is 15.8 Å². The Labute approximate surface area is 143 Å². The Hall–Kier alpha value is -1.85. The largest absolute Gasteiger partial charge is 0.418 e. The molecule has 0 radical (unpaired) electrons. The maximum absolute atomic E-state index is 12.8. The maximum Gasteiger partial charge on any atom is 0.416 e. The highest BCUT2D eigenvalue weighted by Gasteiger charge is 2.31. The summed E-state index contributed by atoms with van der Waals surface area (Å²) in [7, 11) is -3.65. The molecule has 0 spiro atoms. The fraction of sp³-hybridized carbons (Fsp3) is 0.500. The third kappa shape index (κ3) is 8.18. The number of carbonyl (C=O) groups excluding carboxylic acids is 1. The number of sulfonamides is 1. The number of alkyl halides is 3.